The van der Waals surface area contributed by atoms with Crippen LogP contribution in [0.2, 0.25) is 0 Å². The molecule has 6 heteroatoms. The van der Waals surface area contributed by atoms with E-state index in [1.165, 1.54) is 0 Å². The van der Waals surface area contributed by atoms with Crippen molar-refractivity contribution in [1.29, 1.82) is 0 Å². The summed E-state index contributed by atoms with van der Waals surface area (Å²) < 4.78 is 7.04. The summed E-state index contributed by atoms with van der Waals surface area (Å²) in [6.45, 7) is 2.54. The summed E-state index contributed by atoms with van der Waals surface area (Å²) in [6, 6.07) is 1.69. The van der Waals surface area contributed by atoms with Crippen molar-refractivity contribution >= 4 is 5.91 Å². The second-order valence-corrected chi connectivity index (χ2v) is 4.46. The number of aliphatic hydroxyl groups excluding tert-OH is 1. The molecule has 2 aliphatic heterocycles. The van der Waals surface area contributed by atoms with Gasteiger partial charge in [0.1, 0.15) is 6.61 Å². The number of ether oxygens (including phenoxy) is 1. The van der Waals surface area contributed by atoms with Crippen LogP contribution in [0.3, 0.4) is 0 Å². The largest absolute Gasteiger partial charge is 0.476 e. The molecule has 1 aromatic rings. The Labute approximate surface area is 98.8 Å². The molecule has 1 aromatic heterocycles. The summed E-state index contributed by atoms with van der Waals surface area (Å²) in [6.07, 6.45) is 1.03. The van der Waals surface area contributed by atoms with Gasteiger partial charge in [0, 0.05) is 19.2 Å². The lowest BCUT2D eigenvalue weighted by Crippen LogP contribution is -2.40. The van der Waals surface area contributed by atoms with E-state index in [2.05, 4.69) is 5.10 Å². The van der Waals surface area contributed by atoms with Gasteiger partial charge in [0.2, 0.25) is 5.88 Å². The van der Waals surface area contributed by atoms with E-state index in [4.69, 9.17) is 4.74 Å². The number of hydrogen-bond acceptors (Lipinski definition) is 4. The lowest BCUT2D eigenvalue weighted by Gasteiger charge is -2.28. The second kappa shape index (κ2) is 4.03. The molecule has 1 N–H and O–H groups in total. The lowest BCUT2D eigenvalue weighted by molar-refractivity contribution is 0.0540. The fourth-order valence-electron chi connectivity index (χ4n) is 2.25. The maximum atomic E-state index is 12.1. The zero-order valence-corrected chi connectivity index (χ0v) is 9.50. The molecule has 3 heterocycles. The highest BCUT2D eigenvalue weighted by atomic mass is 16.5. The van der Waals surface area contributed by atoms with E-state index in [9.17, 15) is 9.90 Å². The van der Waals surface area contributed by atoms with Crippen molar-refractivity contribution in [3.8, 4) is 5.88 Å². The Kier molecular flexibility index (Phi) is 2.51. The molecule has 0 unspecified atom stereocenters. The number of aliphatic hydroxyl groups is 1. The molecule has 0 atom stereocenters. The Morgan fingerprint density at radius 1 is 1.41 bits per heavy atom. The molecule has 0 aromatic carbocycles. The monoisotopic (exact) mass is 237 g/mol. The third kappa shape index (κ3) is 1.88. The molecule has 1 fully saturated rings. The van der Waals surface area contributed by atoms with Crippen LogP contribution in [0.4, 0.5) is 0 Å². The van der Waals surface area contributed by atoms with Gasteiger partial charge in [-0.05, 0) is 12.8 Å². The van der Waals surface area contributed by atoms with Crippen molar-refractivity contribution < 1.29 is 14.6 Å². The fourth-order valence-corrected chi connectivity index (χ4v) is 2.25. The quantitative estimate of drug-likeness (QED) is 0.739. The predicted octanol–water partition coefficient (Wildman–Crippen LogP) is -0.128. The van der Waals surface area contributed by atoms with Gasteiger partial charge in [0.15, 0.2) is 5.69 Å². The maximum absolute atomic E-state index is 12.1. The topological polar surface area (TPSA) is 67.6 Å². The molecular formula is C11H15N3O3. The molecule has 1 saturated heterocycles. The summed E-state index contributed by atoms with van der Waals surface area (Å²) in [4.78, 5) is 13.9. The number of fused-ring (bicyclic) bond motifs is 1. The number of hydrogen-bond donors (Lipinski definition) is 1. The number of carbonyl (C=O) groups is 1. The summed E-state index contributed by atoms with van der Waals surface area (Å²) >= 11 is 0. The number of piperidine rings is 1. The van der Waals surface area contributed by atoms with Crippen LogP contribution in [0.25, 0.3) is 0 Å². The molecular weight excluding hydrogens is 222 g/mol. The van der Waals surface area contributed by atoms with Gasteiger partial charge in [-0.2, -0.15) is 5.10 Å². The molecule has 1 amide bonds. The van der Waals surface area contributed by atoms with E-state index >= 15 is 0 Å². The third-order valence-corrected chi connectivity index (χ3v) is 3.27. The number of aromatic nitrogens is 2. The van der Waals surface area contributed by atoms with E-state index < -0.39 is 0 Å². The Bertz CT molecular complexity index is 414. The first-order valence-corrected chi connectivity index (χ1v) is 5.92. The summed E-state index contributed by atoms with van der Waals surface area (Å²) in [5, 5.41) is 13.6. The van der Waals surface area contributed by atoms with Gasteiger partial charge < -0.3 is 14.7 Å². The molecule has 0 spiro atoms. The SMILES string of the molecule is O=C(c1cc2n(n1)CCO2)N1CCC(O)CC1. The first kappa shape index (κ1) is 10.6. The zero-order chi connectivity index (χ0) is 11.8. The van der Waals surface area contributed by atoms with Crippen LogP contribution >= 0.6 is 0 Å². The average molecular weight is 237 g/mol. The number of rotatable bonds is 1. The molecule has 6 nitrogen and oxygen atoms in total. The van der Waals surface area contributed by atoms with Crippen LogP contribution in [-0.4, -0.2) is 51.5 Å². The molecule has 3 rings (SSSR count). The van der Waals surface area contributed by atoms with Crippen LogP contribution in [0, 0.1) is 0 Å². The van der Waals surface area contributed by atoms with Crippen LogP contribution in [0.5, 0.6) is 5.88 Å². The molecule has 17 heavy (non-hydrogen) atoms. The molecule has 0 bridgehead atoms. The minimum Gasteiger partial charge on any atom is -0.476 e. The predicted molar refractivity (Wildman–Crippen MR) is 58.9 cm³/mol. The maximum Gasteiger partial charge on any atom is 0.274 e. The summed E-state index contributed by atoms with van der Waals surface area (Å²) in [5.41, 5.74) is 0.441. The van der Waals surface area contributed by atoms with Crippen molar-refractivity contribution in [2.45, 2.75) is 25.5 Å². The van der Waals surface area contributed by atoms with Gasteiger partial charge in [-0.25, -0.2) is 4.68 Å². The van der Waals surface area contributed by atoms with E-state index in [1.807, 2.05) is 0 Å². The lowest BCUT2D eigenvalue weighted by atomic mass is 10.1. The van der Waals surface area contributed by atoms with Gasteiger partial charge in [0.05, 0.1) is 12.6 Å². The zero-order valence-electron chi connectivity index (χ0n) is 9.50. The molecule has 2 aliphatic rings. The highest BCUT2D eigenvalue weighted by molar-refractivity contribution is 5.92. The van der Waals surface area contributed by atoms with Crippen LogP contribution in [-0.2, 0) is 6.54 Å². The number of nitrogens with zero attached hydrogens (tertiary/aromatic N) is 3. The number of likely N-dealkylation sites (tertiary alicyclic amines) is 1. The molecule has 92 valence electrons. The Morgan fingerprint density at radius 3 is 2.88 bits per heavy atom. The average Bonchev–Trinajstić information content (AvgIpc) is 2.89. The Morgan fingerprint density at radius 2 is 2.18 bits per heavy atom. The Hall–Kier alpha value is -1.56. The van der Waals surface area contributed by atoms with Crippen LogP contribution < -0.4 is 4.74 Å². The standard InChI is InChI=1S/C11H15N3O3/c15-8-1-3-13(4-2-8)11(16)9-7-10-14(12-9)5-6-17-10/h7-8,15H,1-6H2. The normalized spacial score (nSPS) is 20.2. The minimum absolute atomic E-state index is 0.0672. The van der Waals surface area contributed by atoms with Crippen molar-refractivity contribution in [1.82, 2.24) is 14.7 Å². The first-order chi connectivity index (χ1) is 8.24. The molecule has 0 radical (unpaired) electrons. The highest BCUT2D eigenvalue weighted by Crippen LogP contribution is 2.20. The Balaban J connectivity index is 1.73. The van der Waals surface area contributed by atoms with Gasteiger partial charge >= 0.3 is 0 Å². The van der Waals surface area contributed by atoms with E-state index in [-0.39, 0.29) is 12.0 Å². The number of amides is 1. The molecule has 0 saturated carbocycles. The third-order valence-electron chi connectivity index (χ3n) is 3.27. The second-order valence-electron chi connectivity index (χ2n) is 4.46. The highest BCUT2D eigenvalue weighted by Gasteiger charge is 2.26. The first-order valence-electron chi connectivity index (χ1n) is 5.92. The van der Waals surface area contributed by atoms with Crippen molar-refractivity contribution in [2.24, 2.45) is 0 Å². The van der Waals surface area contributed by atoms with Crippen LogP contribution in [0.1, 0.15) is 23.3 Å². The van der Waals surface area contributed by atoms with Crippen LogP contribution in [0.15, 0.2) is 6.07 Å². The number of carbonyl (C=O) groups excluding carboxylic acids is 1. The van der Waals surface area contributed by atoms with Crippen molar-refractivity contribution in [2.75, 3.05) is 19.7 Å². The fraction of sp³-hybridized carbons (Fsp3) is 0.636. The van der Waals surface area contributed by atoms with Gasteiger partial charge in [-0.3, -0.25) is 4.79 Å². The van der Waals surface area contributed by atoms with Crippen molar-refractivity contribution in [3.05, 3.63) is 11.8 Å². The van der Waals surface area contributed by atoms with E-state index in [0.29, 0.717) is 50.7 Å². The van der Waals surface area contributed by atoms with Gasteiger partial charge in [-0.15, -0.1) is 0 Å². The van der Waals surface area contributed by atoms with E-state index in [0.717, 1.165) is 0 Å². The summed E-state index contributed by atoms with van der Waals surface area (Å²) in [7, 11) is 0. The minimum atomic E-state index is -0.269. The van der Waals surface area contributed by atoms with Gasteiger partial charge in [0.25, 0.3) is 5.91 Å². The van der Waals surface area contributed by atoms with Crippen molar-refractivity contribution in [3.63, 3.8) is 0 Å². The van der Waals surface area contributed by atoms with Gasteiger partial charge in [-0.1, -0.05) is 0 Å². The smallest absolute Gasteiger partial charge is 0.274 e. The summed E-state index contributed by atoms with van der Waals surface area (Å²) in [5.74, 6) is 0.604. The molecule has 0 aliphatic carbocycles. The van der Waals surface area contributed by atoms with E-state index in [1.54, 1.807) is 15.6 Å².